The largest absolute Gasteiger partial charge is 0.383 e. The lowest BCUT2D eigenvalue weighted by Gasteiger charge is -2.20. The molecule has 0 aromatic carbocycles. The van der Waals surface area contributed by atoms with Crippen LogP contribution in [0, 0.1) is 5.92 Å². The Balaban J connectivity index is 1.98. The molecule has 112 valence electrons. The number of aromatic nitrogens is 2. The Morgan fingerprint density at radius 2 is 2.40 bits per heavy atom. The summed E-state index contributed by atoms with van der Waals surface area (Å²) in [5.74, 6) is 0.506. The van der Waals surface area contributed by atoms with Gasteiger partial charge in [-0.05, 0) is 25.3 Å². The van der Waals surface area contributed by atoms with Crippen LogP contribution in [0.2, 0.25) is 0 Å². The molecule has 1 aromatic rings. The third-order valence-electron chi connectivity index (χ3n) is 3.47. The molecule has 2 N–H and O–H groups in total. The third kappa shape index (κ3) is 3.55. The highest BCUT2D eigenvalue weighted by atomic mass is 16.5. The summed E-state index contributed by atoms with van der Waals surface area (Å²) in [5, 5.41) is 9.88. The smallest absolute Gasteiger partial charge is 0.292 e. The molecule has 1 aliphatic heterocycles. The molecule has 20 heavy (non-hydrogen) atoms. The number of hydrogen-bond donors (Lipinski definition) is 2. The molecule has 7 heteroatoms. The fraction of sp³-hybridized carbons (Fsp3) is 0.769. The second-order valence-corrected chi connectivity index (χ2v) is 5.38. The number of hydrogen-bond acceptors (Lipinski definition) is 6. The second-order valence-electron chi connectivity index (χ2n) is 5.38. The van der Waals surface area contributed by atoms with E-state index in [1.807, 2.05) is 13.8 Å². The standard InChI is InChI=1S/C13H22N4O3/c1-8(2)10(7-19-3)15-12(18)11-16-13(20-17-11)9-5-4-6-14-9/h8-10,14H,4-7H2,1-3H3,(H,15,18). The van der Waals surface area contributed by atoms with Crippen molar-refractivity contribution in [3.8, 4) is 0 Å². The minimum Gasteiger partial charge on any atom is -0.383 e. The van der Waals surface area contributed by atoms with E-state index in [2.05, 4.69) is 20.8 Å². The van der Waals surface area contributed by atoms with Gasteiger partial charge in [0, 0.05) is 7.11 Å². The first-order valence-electron chi connectivity index (χ1n) is 6.98. The lowest BCUT2D eigenvalue weighted by molar-refractivity contribution is 0.0853. The van der Waals surface area contributed by atoms with Gasteiger partial charge in [0.1, 0.15) is 0 Å². The van der Waals surface area contributed by atoms with Crippen LogP contribution in [0.15, 0.2) is 4.52 Å². The van der Waals surface area contributed by atoms with Crippen molar-refractivity contribution in [2.75, 3.05) is 20.3 Å². The summed E-state index contributed by atoms with van der Waals surface area (Å²) in [6.07, 6.45) is 2.04. The molecule has 0 saturated carbocycles. The minimum absolute atomic E-state index is 0.0703. The highest BCUT2D eigenvalue weighted by Gasteiger charge is 2.25. The van der Waals surface area contributed by atoms with E-state index in [0.717, 1.165) is 19.4 Å². The lowest BCUT2D eigenvalue weighted by atomic mass is 10.1. The average Bonchev–Trinajstić information content (AvgIpc) is 3.08. The van der Waals surface area contributed by atoms with Crippen LogP contribution in [-0.4, -0.2) is 42.4 Å². The summed E-state index contributed by atoms with van der Waals surface area (Å²) in [6.45, 7) is 5.44. The molecule has 1 aliphatic rings. The fourth-order valence-electron chi connectivity index (χ4n) is 2.18. The molecule has 0 aliphatic carbocycles. The van der Waals surface area contributed by atoms with Crippen molar-refractivity contribution in [2.45, 2.75) is 38.8 Å². The zero-order valence-electron chi connectivity index (χ0n) is 12.2. The van der Waals surface area contributed by atoms with Gasteiger partial charge in [0.15, 0.2) is 0 Å². The average molecular weight is 282 g/mol. The van der Waals surface area contributed by atoms with Gasteiger partial charge < -0.3 is 19.9 Å². The van der Waals surface area contributed by atoms with E-state index < -0.39 is 0 Å². The van der Waals surface area contributed by atoms with Gasteiger partial charge in [0.25, 0.3) is 11.7 Å². The number of nitrogens with one attached hydrogen (secondary N) is 2. The molecule has 2 rings (SSSR count). The Morgan fingerprint density at radius 1 is 1.60 bits per heavy atom. The van der Waals surface area contributed by atoms with E-state index in [-0.39, 0.29) is 29.7 Å². The normalized spacial score (nSPS) is 20.3. The Hall–Kier alpha value is -1.47. The SMILES string of the molecule is COCC(NC(=O)c1noc(C2CCCN2)n1)C(C)C. The van der Waals surface area contributed by atoms with Crippen LogP contribution >= 0.6 is 0 Å². The number of nitrogens with zero attached hydrogens (tertiary/aromatic N) is 2. The number of carbonyl (C=O) groups is 1. The molecular weight excluding hydrogens is 260 g/mol. The topological polar surface area (TPSA) is 89.3 Å². The Labute approximate surface area is 118 Å². The summed E-state index contributed by atoms with van der Waals surface area (Å²) in [6, 6.07) is 0.00276. The summed E-state index contributed by atoms with van der Waals surface area (Å²) in [7, 11) is 1.61. The van der Waals surface area contributed by atoms with Crippen LogP contribution < -0.4 is 10.6 Å². The van der Waals surface area contributed by atoms with Gasteiger partial charge in [0.2, 0.25) is 5.89 Å². The molecule has 1 amide bonds. The number of carbonyl (C=O) groups excluding carboxylic acids is 1. The molecular formula is C13H22N4O3. The van der Waals surface area contributed by atoms with E-state index in [1.165, 1.54) is 0 Å². The van der Waals surface area contributed by atoms with Crippen LogP contribution in [0.1, 0.15) is 49.2 Å². The van der Waals surface area contributed by atoms with Crippen molar-refractivity contribution < 1.29 is 14.1 Å². The van der Waals surface area contributed by atoms with Crippen molar-refractivity contribution in [2.24, 2.45) is 5.92 Å². The number of ether oxygens (including phenoxy) is 1. The molecule has 1 fully saturated rings. The predicted molar refractivity (Wildman–Crippen MR) is 72.2 cm³/mol. The molecule has 1 aromatic heterocycles. The van der Waals surface area contributed by atoms with Crippen molar-refractivity contribution in [1.29, 1.82) is 0 Å². The maximum Gasteiger partial charge on any atom is 0.292 e. The number of amides is 1. The number of rotatable bonds is 6. The molecule has 0 spiro atoms. The Bertz CT molecular complexity index is 441. The fourth-order valence-corrected chi connectivity index (χ4v) is 2.18. The summed E-state index contributed by atoms with van der Waals surface area (Å²) in [5.41, 5.74) is 0. The number of methoxy groups -OCH3 is 1. The monoisotopic (exact) mass is 282 g/mol. The van der Waals surface area contributed by atoms with Gasteiger partial charge in [-0.2, -0.15) is 4.98 Å². The van der Waals surface area contributed by atoms with Crippen molar-refractivity contribution in [3.63, 3.8) is 0 Å². The van der Waals surface area contributed by atoms with E-state index in [4.69, 9.17) is 9.26 Å². The van der Waals surface area contributed by atoms with Crippen LogP contribution in [0.3, 0.4) is 0 Å². The van der Waals surface area contributed by atoms with Crippen LogP contribution in [0.25, 0.3) is 0 Å². The maximum atomic E-state index is 12.1. The first-order valence-corrected chi connectivity index (χ1v) is 6.98. The minimum atomic E-state index is -0.325. The maximum absolute atomic E-state index is 12.1. The molecule has 2 unspecified atom stereocenters. The van der Waals surface area contributed by atoms with Gasteiger partial charge in [-0.25, -0.2) is 0 Å². The zero-order valence-corrected chi connectivity index (χ0v) is 12.2. The molecule has 0 bridgehead atoms. The lowest BCUT2D eigenvalue weighted by Crippen LogP contribution is -2.42. The molecule has 1 saturated heterocycles. The quantitative estimate of drug-likeness (QED) is 0.805. The molecule has 0 radical (unpaired) electrons. The van der Waals surface area contributed by atoms with Crippen LogP contribution in [0.5, 0.6) is 0 Å². The first-order chi connectivity index (χ1) is 9.61. The van der Waals surface area contributed by atoms with Crippen molar-refractivity contribution in [1.82, 2.24) is 20.8 Å². The summed E-state index contributed by atoms with van der Waals surface area (Å²) < 4.78 is 10.3. The van der Waals surface area contributed by atoms with E-state index in [0.29, 0.717) is 12.5 Å². The Kier molecular flexibility index (Phi) is 5.08. The van der Waals surface area contributed by atoms with Gasteiger partial charge >= 0.3 is 0 Å². The van der Waals surface area contributed by atoms with Crippen molar-refractivity contribution >= 4 is 5.91 Å². The molecule has 2 heterocycles. The van der Waals surface area contributed by atoms with E-state index >= 15 is 0 Å². The summed E-state index contributed by atoms with van der Waals surface area (Å²) in [4.78, 5) is 16.3. The van der Waals surface area contributed by atoms with Gasteiger partial charge in [-0.15, -0.1) is 0 Å². The van der Waals surface area contributed by atoms with Crippen LogP contribution in [-0.2, 0) is 4.74 Å². The van der Waals surface area contributed by atoms with E-state index in [9.17, 15) is 4.79 Å². The van der Waals surface area contributed by atoms with Gasteiger partial charge in [-0.3, -0.25) is 4.79 Å². The highest BCUT2D eigenvalue weighted by molar-refractivity contribution is 5.90. The van der Waals surface area contributed by atoms with Gasteiger partial charge in [0.05, 0.1) is 18.7 Å². The second kappa shape index (κ2) is 6.81. The third-order valence-corrected chi connectivity index (χ3v) is 3.47. The first kappa shape index (κ1) is 14.9. The molecule has 2 atom stereocenters. The molecule has 7 nitrogen and oxygen atoms in total. The van der Waals surface area contributed by atoms with Crippen molar-refractivity contribution in [3.05, 3.63) is 11.7 Å². The summed E-state index contributed by atoms with van der Waals surface area (Å²) >= 11 is 0. The van der Waals surface area contributed by atoms with Gasteiger partial charge in [-0.1, -0.05) is 19.0 Å². The highest BCUT2D eigenvalue weighted by Crippen LogP contribution is 2.21. The predicted octanol–water partition coefficient (Wildman–Crippen LogP) is 0.895. The zero-order chi connectivity index (χ0) is 14.5. The Morgan fingerprint density at radius 3 is 3.00 bits per heavy atom. The van der Waals surface area contributed by atoms with E-state index in [1.54, 1.807) is 7.11 Å². The van der Waals surface area contributed by atoms with Crippen LogP contribution in [0.4, 0.5) is 0 Å².